The fourth-order valence-corrected chi connectivity index (χ4v) is 6.75. The van der Waals surface area contributed by atoms with Gasteiger partial charge in [0.25, 0.3) is 0 Å². The Kier molecular flexibility index (Phi) is 11.4. The number of likely N-dealkylation sites (tertiary alicyclic amines) is 1. The summed E-state index contributed by atoms with van der Waals surface area (Å²) in [6.07, 6.45) is 2.57. The van der Waals surface area contributed by atoms with E-state index in [0.717, 1.165) is 37.1 Å². The molecule has 1 fully saturated rings. The van der Waals surface area contributed by atoms with E-state index in [1.54, 1.807) is 18.2 Å². The standard InChI is InChI=1S/C29H40ClN5O5S/c1-34(2)23-4-3-11-35(20-23)28-18-26-21(19-32)16-22(30)17-27(26)29(28)40-24-5-7-25(8-6-24)41(36,37)33-10-13-39-15-14-38-12-9-31/h5-8,16-17,23,28-29,33H,3-4,9-15,18,20,31H2,1-2H3/t23-,28+,29+/m1/s1. The first-order valence-electron chi connectivity index (χ1n) is 14.0. The van der Waals surface area contributed by atoms with Crippen molar-refractivity contribution >= 4 is 21.6 Å². The van der Waals surface area contributed by atoms with Crippen molar-refractivity contribution in [3.8, 4) is 11.8 Å². The van der Waals surface area contributed by atoms with Crippen molar-refractivity contribution in [2.24, 2.45) is 5.73 Å². The molecule has 41 heavy (non-hydrogen) atoms. The molecule has 2 aromatic carbocycles. The maximum absolute atomic E-state index is 12.8. The molecule has 0 unspecified atom stereocenters. The normalized spacial score (nSPS) is 21.1. The SMILES string of the molecule is CN(C)[C@@H]1CCCN([C@H]2Cc3c(C#N)cc(Cl)cc3[C@@H]2Oc2ccc(S(=O)(=O)NCCOCCOCCN)cc2)C1. The number of nitrogens with two attached hydrogens (primary N) is 1. The van der Waals surface area contributed by atoms with Crippen LogP contribution < -0.4 is 15.2 Å². The number of hydrogen-bond acceptors (Lipinski definition) is 9. The predicted octanol–water partition coefficient (Wildman–Crippen LogP) is 2.55. The van der Waals surface area contributed by atoms with Crippen LogP contribution in [-0.4, -0.2) is 97.0 Å². The van der Waals surface area contributed by atoms with Crippen molar-refractivity contribution in [3.05, 3.63) is 58.1 Å². The molecule has 0 radical (unpaired) electrons. The second-order valence-electron chi connectivity index (χ2n) is 10.6. The van der Waals surface area contributed by atoms with Crippen LogP contribution in [0, 0.1) is 11.3 Å². The van der Waals surface area contributed by atoms with Gasteiger partial charge in [-0.3, -0.25) is 4.90 Å². The topological polar surface area (TPSA) is 130 Å². The summed E-state index contributed by atoms with van der Waals surface area (Å²) in [6.45, 7) is 3.93. The quantitative estimate of drug-likeness (QED) is 0.312. The van der Waals surface area contributed by atoms with E-state index in [1.807, 2.05) is 6.07 Å². The van der Waals surface area contributed by atoms with Gasteiger partial charge in [-0.1, -0.05) is 11.6 Å². The molecule has 2 aromatic rings. The van der Waals surface area contributed by atoms with Gasteiger partial charge >= 0.3 is 0 Å². The third-order valence-corrected chi connectivity index (χ3v) is 9.33. The lowest BCUT2D eigenvalue weighted by molar-refractivity contribution is 0.0380. The molecule has 0 saturated carbocycles. The summed E-state index contributed by atoms with van der Waals surface area (Å²) in [5.74, 6) is 0.548. The van der Waals surface area contributed by atoms with Crippen LogP contribution in [0.1, 0.15) is 35.6 Å². The molecule has 0 bridgehead atoms. The van der Waals surface area contributed by atoms with E-state index in [9.17, 15) is 13.7 Å². The van der Waals surface area contributed by atoms with E-state index in [2.05, 4.69) is 34.7 Å². The van der Waals surface area contributed by atoms with Crippen molar-refractivity contribution in [3.63, 3.8) is 0 Å². The summed E-state index contributed by atoms with van der Waals surface area (Å²) < 4.78 is 45.3. The fourth-order valence-electron chi connectivity index (χ4n) is 5.51. The number of nitrogens with zero attached hydrogens (tertiary/aromatic N) is 3. The Balaban J connectivity index is 1.45. The van der Waals surface area contributed by atoms with Crippen LogP contribution in [-0.2, 0) is 25.9 Å². The molecule has 0 amide bonds. The number of sulfonamides is 1. The van der Waals surface area contributed by atoms with Gasteiger partial charge in [0.1, 0.15) is 11.9 Å². The first-order chi connectivity index (χ1) is 19.7. The third-order valence-electron chi connectivity index (χ3n) is 7.64. The van der Waals surface area contributed by atoms with Gasteiger partial charge in [0, 0.05) is 30.7 Å². The summed E-state index contributed by atoms with van der Waals surface area (Å²) in [5.41, 5.74) is 7.82. The predicted molar refractivity (Wildman–Crippen MR) is 158 cm³/mol. The van der Waals surface area contributed by atoms with Gasteiger partial charge in [0.2, 0.25) is 10.0 Å². The Morgan fingerprint density at radius 2 is 1.88 bits per heavy atom. The summed E-state index contributed by atoms with van der Waals surface area (Å²) >= 11 is 6.41. The lowest BCUT2D eigenvalue weighted by atomic mass is 10.0. The lowest BCUT2D eigenvalue weighted by Crippen LogP contribution is -2.51. The minimum Gasteiger partial charge on any atom is -0.484 e. The molecule has 4 rings (SSSR count). The lowest BCUT2D eigenvalue weighted by Gasteiger charge is -2.41. The highest BCUT2D eigenvalue weighted by Gasteiger charge is 2.41. The summed E-state index contributed by atoms with van der Waals surface area (Å²) in [7, 11) is 0.504. The molecule has 1 saturated heterocycles. The maximum atomic E-state index is 12.8. The van der Waals surface area contributed by atoms with Crippen molar-refractivity contribution in [2.75, 3.05) is 66.7 Å². The smallest absolute Gasteiger partial charge is 0.240 e. The number of ether oxygens (including phenoxy) is 3. The van der Waals surface area contributed by atoms with Crippen LogP contribution in [0.15, 0.2) is 41.3 Å². The van der Waals surface area contributed by atoms with Crippen molar-refractivity contribution in [2.45, 2.75) is 42.3 Å². The zero-order chi connectivity index (χ0) is 29.4. The van der Waals surface area contributed by atoms with Crippen LogP contribution in [0.25, 0.3) is 0 Å². The molecule has 1 heterocycles. The fraction of sp³-hybridized carbons (Fsp3) is 0.552. The number of nitrogens with one attached hydrogen (secondary N) is 1. The molecule has 0 spiro atoms. The van der Waals surface area contributed by atoms with Crippen LogP contribution in [0.4, 0.5) is 0 Å². The molecular formula is C29H40ClN5O5S. The molecule has 224 valence electrons. The van der Waals surface area contributed by atoms with Gasteiger partial charge in [-0.05, 0) is 87.4 Å². The third kappa shape index (κ3) is 8.18. The second-order valence-corrected chi connectivity index (χ2v) is 12.8. The Labute approximate surface area is 248 Å². The average Bonchev–Trinajstić information content (AvgIpc) is 3.32. The zero-order valence-electron chi connectivity index (χ0n) is 23.7. The molecular weight excluding hydrogens is 566 g/mol. The maximum Gasteiger partial charge on any atom is 0.240 e. The minimum absolute atomic E-state index is 0.0316. The Morgan fingerprint density at radius 3 is 2.56 bits per heavy atom. The number of likely N-dealkylation sites (N-methyl/N-ethyl adjacent to an activating group) is 1. The first-order valence-corrected chi connectivity index (χ1v) is 15.8. The highest BCUT2D eigenvalue weighted by molar-refractivity contribution is 7.89. The van der Waals surface area contributed by atoms with Crippen LogP contribution in [0.3, 0.4) is 0 Å². The Bertz CT molecular complexity index is 1300. The first kappa shape index (κ1) is 31.7. The van der Waals surface area contributed by atoms with Crippen molar-refractivity contribution in [1.82, 2.24) is 14.5 Å². The highest BCUT2D eigenvalue weighted by Crippen LogP contribution is 2.42. The molecule has 10 nitrogen and oxygen atoms in total. The number of halogens is 1. The molecule has 2 aliphatic rings. The molecule has 3 N–H and O–H groups in total. The van der Waals surface area contributed by atoms with E-state index in [0.29, 0.717) is 55.2 Å². The van der Waals surface area contributed by atoms with E-state index in [-0.39, 0.29) is 30.2 Å². The number of nitriles is 1. The van der Waals surface area contributed by atoms with Gasteiger partial charge < -0.3 is 24.8 Å². The number of piperidine rings is 1. The van der Waals surface area contributed by atoms with E-state index in [1.165, 1.54) is 12.1 Å². The Morgan fingerprint density at radius 1 is 1.15 bits per heavy atom. The summed E-state index contributed by atoms with van der Waals surface area (Å²) in [4.78, 5) is 4.86. The summed E-state index contributed by atoms with van der Waals surface area (Å²) in [5, 5.41) is 10.3. The monoisotopic (exact) mass is 605 g/mol. The molecule has 1 aliphatic heterocycles. The Hall–Kier alpha value is -2.27. The molecule has 1 aliphatic carbocycles. The molecule has 12 heteroatoms. The van der Waals surface area contributed by atoms with Gasteiger partial charge in [0.05, 0.1) is 49.0 Å². The zero-order valence-corrected chi connectivity index (χ0v) is 25.3. The number of hydrogen-bond donors (Lipinski definition) is 2. The van der Waals surface area contributed by atoms with Crippen molar-refractivity contribution < 1.29 is 22.6 Å². The number of rotatable bonds is 14. The van der Waals surface area contributed by atoms with Crippen LogP contribution in [0.5, 0.6) is 5.75 Å². The molecule has 0 aromatic heterocycles. The van der Waals surface area contributed by atoms with Crippen LogP contribution in [0.2, 0.25) is 5.02 Å². The van der Waals surface area contributed by atoms with Crippen LogP contribution >= 0.6 is 11.6 Å². The summed E-state index contributed by atoms with van der Waals surface area (Å²) in [6, 6.07) is 12.8. The van der Waals surface area contributed by atoms with Gasteiger partial charge in [-0.25, -0.2) is 13.1 Å². The average molecular weight is 606 g/mol. The number of fused-ring (bicyclic) bond motifs is 1. The largest absolute Gasteiger partial charge is 0.484 e. The van der Waals surface area contributed by atoms with E-state index >= 15 is 0 Å². The number of benzene rings is 2. The van der Waals surface area contributed by atoms with Gasteiger partial charge in [-0.15, -0.1) is 0 Å². The minimum atomic E-state index is -3.71. The van der Waals surface area contributed by atoms with Crippen molar-refractivity contribution in [1.29, 1.82) is 5.26 Å². The van der Waals surface area contributed by atoms with Gasteiger partial charge in [0.15, 0.2) is 0 Å². The highest BCUT2D eigenvalue weighted by atomic mass is 35.5. The molecule has 3 atom stereocenters. The van der Waals surface area contributed by atoms with E-state index in [4.69, 9.17) is 31.5 Å². The van der Waals surface area contributed by atoms with Gasteiger partial charge in [-0.2, -0.15) is 5.26 Å². The van der Waals surface area contributed by atoms with E-state index < -0.39 is 10.0 Å². The second kappa shape index (κ2) is 14.8.